The van der Waals surface area contributed by atoms with Crippen molar-refractivity contribution in [3.8, 4) is 0 Å². The molecule has 59 heavy (non-hydrogen) atoms. The lowest BCUT2D eigenvalue weighted by Gasteiger charge is -2.39. The summed E-state index contributed by atoms with van der Waals surface area (Å²) in [4.78, 5) is 25.4. The Labute approximate surface area is 358 Å². The minimum Gasteiger partial charge on any atom is -0.462 e. The van der Waals surface area contributed by atoms with E-state index in [2.05, 4.69) is 62.5 Å². The zero-order valence-electron chi connectivity index (χ0n) is 37.2. The lowest BCUT2D eigenvalue weighted by Crippen LogP contribution is -2.59. The van der Waals surface area contributed by atoms with Crippen molar-refractivity contribution in [2.75, 3.05) is 19.8 Å². The maximum atomic E-state index is 12.8. The first kappa shape index (κ1) is 54.7. The molecule has 6 unspecified atom stereocenters. The molecule has 0 radical (unpaired) electrons. The Morgan fingerprint density at radius 3 is 1.53 bits per heavy atom. The molecule has 0 aliphatic carbocycles. The molecule has 0 saturated carbocycles. The van der Waals surface area contributed by atoms with Gasteiger partial charge in [0, 0.05) is 12.8 Å². The lowest BCUT2D eigenvalue weighted by atomic mass is 9.99. The van der Waals surface area contributed by atoms with Crippen molar-refractivity contribution in [1.29, 1.82) is 0 Å². The highest BCUT2D eigenvalue weighted by molar-refractivity contribution is 5.70. The van der Waals surface area contributed by atoms with Gasteiger partial charge in [-0.15, -0.1) is 0 Å². The minimum absolute atomic E-state index is 0.217. The monoisotopic (exact) mass is 835 g/mol. The summed E-state index contributed by atoms with van der Waals surface area (Å²) in [5, 5.41) is 40.1. The molecule has 0 amide bonds. The Kier molecular flexibility index (Phi) is 36.9. The van der Waals surface area contributed by atoms with Crippen LogP contribution in [-0.2, 0) is 28.5 Å². The molecular formula is C49H86O10. The van der Waals surface area contributed by atoms with E-state index in [0.29, 0.717) is 6.42 Å². The van der Waals surface area contributed by atoms with Crippen molar-refractivity contribution in [2.45, 2.75) is 230 Å². The number of esters is 2. The smallest absolute Gasteiger partial charge is 0.306 e. The summed E-state index contributed by atoms with van der Waals surface area (Å²) < 4.78 is 22.2. The van der Waals surface area contributed by atoms with Crippen molar-refractivity contribution in [3.63, 3.8) is 0 Å². The molecule has 4 N–H and O–H groups in total. The Morgan fingerprint density at radius 1 is 0.542 bits per heavy atom. The van der Waals surface area contributed by atoms with Crippen molar-refractivity contribution < 1.29 is 49.0 Å². The van der Waals surface area contributed by atoms with E-state index >= 15 is 0 Å². The van der Waals surface area contributed by atoms with Crippen molar-refractivity contribution in [2.24, 2.45) is 0 Å². The van der Waals surface area contributed by atoms with Crippen molar-refractivity contribution in [3.05, 3.63) is 48.6 Å². The largest absolute Gasteiger partial charge is 0.462 e. The molecule has 0 aromatic carbocycles. The standard InChI is InChI=1S/C49H86O10/c1-3-5-7-9-11-13-15-17-19-21-23-25-27-29-31-33-35-37-44(51)56-40-42(41-57-49-48(55)47(54)46(53)43(39-50)59-49)58-45(52)38-36-34-32-30-28-26-24-22-20-18-16-14-12-10-8-6-4-2/h6,8,12,14,17-20,42-43,46-50,53-55H,3-5,7,9-11,13,15-16,21-41H2,1-2H3/b8-6-,14-12-,19-17-,20-18-. The third kappa shape index (κ3) is 31.2. The van der Waals surface area contributed by atoms with Crippen LogP contribution in [0.1, 0.15) is 194 Å². The quantitative estimate of drug-likeness (QED) is 0.0267. The Bertz CT molecular complexity index is 1100. The summed E-state index contributed by atoms with van der Waals surface area (Å²) in [6, 6.07) is 0. The first-order chi connectivity index (χ1) is 28.8. The van der Waals surface area contributed by atoms with Crippen LogP contribution in [0.2, 0.25) is 0 Å². The van der Waals surface area contributed by atoms with Crippen LogP contribution < -0.4 is 0 Å². The van der Waals surface area contributed by atoms with Gasteiger partial charge in [-0.25, -0.2) is 0 Å². The second-order valence-electron chi connectivity index (χ2n) is 16.2. The third-order valence-corrected chi connectivity index (χ3v) is 10.7. The SMILES string of the molecule is CC/C=C\C/C=C\C/C=C\CCCCCCCCCC(=O)OC(COC(=O)CCCCCCCCC/C=C\CCCCCCCC)COC1OC(CO)C(O)C(O)C1O. The molecule has 1 rings (SSSR count). The summed E-state index contributed by atoms with van der Waals surface area (Å²) in [6.45, 7) is 3.30. The third-order valence-electron chi connectivity index (χ3n) is 10.7. The fourth-order valence-corrected chi connectivity index (χ4v) is 6.96. The van der Waals surface area contributed by atoms with E-state index in [9.17, 15) is 30.0 Å². The average Bonchev–Trinajstić information content (AvgIpc) is 3.23. The molecule has 10 nitrogen and oxygen atoms in total. The maximum Gasteiger partial charge on any atom is 0.306 e. The van der Waals surface area contributed by atoms with Gasteiger partial charge in [-0.2, -0.15) is 0 Å². The number of aliphatic hydroxyl groups excluding tert-OH is 4. The van der Waals surface area contributed by atoms with Crippen LogP contribution in [0.3, 0.4) is 0 Å². The first-order valence-corrected chi connectivity index (χ1v) is 23.7. The molecule has 0 aromatic rings. The van der Waals surface area contributed by atoms with Gasteiger partial charge in [0.15, 0.2) is 12.4 Å². The Hall–Kier alpha value is -2.34. The number of hydrogen-bond acceptors (Lipinski definition) is 10. The molecule has 0 spiro atoms. The zero-order chi connectivity index (χ0) is 43.0. The van der Waals surface area contributed by atoms with Gasteiger partial charge in [-0.3, -0.25) is 9.59 Å². The molecule has 342 valence electrons. The minimum atomic E-state index is -1.60. The normalized spacial score (nSPS) is 20.4. The number of allylic oxidation sites excluding steroid dienone is 8. The molecule has 0 bridgehead atoms. The number of aliphatic hydroxyl groups is 4. The van der Waals surface area contributed by atoms with Crippen LogP contribution in [0.4, 0.5) is 0 Å². The maximum absolute atomic E-state index is 12.8. The highest BCUT2D eigenvalue weighted by Gasteiger charge is 2.44. The van der Waals surface area contributed by atoms with Gasteiger partial charge < -0.3 is 39.4 Å². The summed E-state index contributed by atoms with van der Waals surface area (Å²) in [6.07, 6.45) is 39.7. The van der Waals surface area contributed by atoms with Crippen molar-refractivity contribution >= 4 is 11.9 Å². The van der Waals surface area contributed by atoms with Gasteiger partial charge in [0.1, 0.15) is 31.0 Å². The van der Waals surface area contributed by atoms with Gasteiger partial charge >= 0.3 is 11.9 Å². The molecule has 0 aromatic heterocycles. The fraction of sp³-hybridized carbons (Fsp3) is 0.796. The number of carbonyl (C=O) groups excluding carboxylic acids is 2. The van der Waals surface area contributed by atoms with Crippen LogP contribution >= 0.6 is 0 Å². The Balaban J connectivity index is 2.31. The summed E-state index contributed by atoms with van der Waals surface area (Å²) >= 11 is 0. The van der Waals surface area contributed by atoms with E-state index in [1.54, 1.807) is 0 Å². The number of ether oxygens (including phenoxy) is 4. The van der Waals surface area contributed by atoms with E-state index in [1.165, 1.54) is 83.5 Å². The number of rotatable bonds is 39. The molecule has 10 heteroatoms. The van der Waals surface area contributed by atoms with Crippen LogP contribution in [-0.4, -0.2) is 89.0 Å². The first-order valence-electron chi connectivity index (χ1n) is 23.7. The molecular weight excluding hydrogens is 749 g/mol. The molecule has 1 saturated heterocycles. The predicted octanol–water partition coefficient (Wildman–Crippen LogP) is 10.4. The van der Waals surface area contributed by atoms with E-state index in [1.807, 2.05) is 0 Å². The molecule has 1 aliphatic rings. The molecule has 6 atom stereocenters. The topological polar surface area (TPSA) is 152 Å². The average molecular weight is 835 g/mol. The van der Waals surface area contributed by atoms with E-state index in [0.717, 1.165) is 77.0 Å². The van der Waals surface area contributed by atoms with E-state index in [-0.39, 0.29) is 32.0 Å². The van der Waals surface area contributed by atoms with Gasteiger partial charge in [0.2, 0.25) is 0 Å². The van der Waals surface area contributed by atoms with Gasteiger partial charge in [-0.1, -0.05) is 159 Å². The predicted molar refractivity (Wildman–Crippen MR) is 238 cm³/mol. The summed E-state index contributed by atoms with van der Waals surface area (Å²) in [5.74, 6) is -0.822. The number of hydrogen-bond donors (Lipinski definition) is 4. The fourth-order valence-electron chi connectivity index (χ4n) is 6.96. The second kappa shape index (κ2) is 39.8. The van der Waals surface area contributed by atoms with E-state index in [4.69, 9.17) is 18.9 Å². The van der Waals surface area contributed by atoms with Gasteiger partial charge in [0.25, 0.3) is 0 Å². The van der Waals surface area contributed by atoms with Crippen LogP contribution in [0.15, 0.2) is 48.6 Å². The van der Waals surface area contributed by atoms with Crippen LogP contribution in [0.25, 0.3) is 0 Å². The highest BCUT2D eigenvalue weighted by Crippen LogP contribution is 2.23. The van der Waals surface area contributed by atoms with Crippen molar-refractivity contribution in [1.82, 2.24) is 0 Å². The van der Waals surface area contributed by atoms with Crippen LogP contribution in [0.5, 0.6) is 0 Å². The summed E-state index contributed by atoms with van der Waals surface area (Å²) in [5.41, 5.74) is 0. The lowest BCUT2D eigenvalue weighted by molar-refractivity contribution is -0.305. The van der Waals surface area contributed by atoms with Crippen LogP contribution in [0, 0.1) is 0 Å². The van der Waals surface area contributed by atoms with Gasteiger partial charge in [0.05, 0.1) is 13.2 Å². The molecule has 1 fully saturated rings. The molecule has 1 heterocycles. The zero-order valence-corrected chi connectivity index (χ0v) is 37.2. The highest BCUT2D eigenvalue weighted by atomic mass is 16.7. The molecule has 1 aliphatic heterocycles. The van der Waals surface area contributed by atoms with Gasteiger partial charge in [-0.05, 0) is 70.6 Å². The number of unbranched alkanes of at least 4 members (excludes halogenated alkanes) is 20. The Morgan fingerprint density at radius 2 is 1.00 bits per heavy atom. The number of carbonyl (C=O) groups is 2. The summed E-state index contributed by atoms with van der Waals surface area (Å²) in [7, 11) is 0. The van der Waals surface area contributed by atoms with E-state index < -0.39 is 49.4 Å². The second-order valence-corrected chi connectivity index (χ2v) is 16.2.